The number of aromatic nitrogens is 2. The van der Waals surface area contributed by atoms with Crippen molar-refractivity contribution in [3.8, 4) is 17.6 Å². The van der Waals surface area contributed by atoms with Gasteiger partial charge in [0.2, 0.25) is 0 Å². The summed E-state index contributed by atoms with van der Waals surface area (Å²) in [6, 6.07) is 3.69. The van der Waals surface area contributed by atoms with Crippen LogP contribution in [-0.2, 0) is 28.5 Å². The van der Waals surface area contributed by atoms with Crippen LogP contribution < -0.4 is 15.8 Å². The van der Waals surface area contributed by atoms with Crippen LogP contribution in [0.2, 0.25) is 0 Å². The van der Waals surface area contributed by atoms with E-state index in [4.69, 9.17) is 23.9 Å². The van der Waals surface area contributed by atoms with Crippen molar-refractivity contribution in [1.29, 1.82) is 0 Å². The number of carbonyl (C=O) groups is 2. The summed E-state index contributed by atoms with van der Waals surface area (Å²) in [6.07, 6.45) is 7.89. The molecule has 15 nitrogen and oxygen atoms in total. The van der Waals surface area contributed by atoms with Crippen molar-refractivity contribution in [1.82, 2.24) is 14.4 Å². The molecule has 7 rings (SSSR count). The van der Waals surface area contributed by atoms with Crippen molar-refractivity contribution in [2.24, 2.45) is 40.6 Å². The van der Waals surface area contributed by atoms with Gasteiger partial charge in [0, 0.05) is 60.6 Å². The topological polar surface area (TPSA) is 197 Å². The number of anilines is 1. The number of aliphatic hydroxyl groups is 3. The zero-order chi connectivity index (χ0) is 43.7. The van der Waals surface area contributed by atoms with Crippen LogP contribution in [0.3, 0.4) is 0 Å². The number of imidazole rings is 1. The number of amides is 1. The summed E-state index contributed by atoms with van der Waals surface area (Å²) in [6.45, 7) is 12.6. The van der Waals surface area contributed by atoms with Crippen molar-refractivity contribution in [3.63, 3.8) is 0 Å². The number of methoxy groups -OCH3 is 1. The first-order chi connectivity index (χ1) is 29.2. The molecule has 5 heterocycles. The lowest BCUT2D eigenvalue weighted by Gasteiger charge is -2.42. The van der Waals surface area contributed by atoms with Gasteiger partial charge < -0.3 is 44.7 Å². The number of hydrazone groups is 1. The summed E-state index contributed by atoms with van der Waals surface area (Å²) in [5.41, 5.74) is 2.75. The van der Waals surface area contributed by atoms with E-state index in [1.807, 2.05) is 31.0 Å². The maximum atomic E-state index is 14.0. The monoisotopic (exact) mass is 837 g/mol. The second-order valence-electron chi connectivity index (χ2n) is 16.5. The highest BCUT2D eigenvalue weighted by Gasteiger charge is 2.46. The molecule has 1 aromatic carbocycles. The maximum absolute atomic E-state index is 14.0. The Morgan fingerprint density at radius 1 is 1.07 bits per heavy atom. The number of hydrogen-bond donors (Lipinski definition) is 5. The third kappa shape index (κ3) is 8.50. The molecular formula is C46H55N5O10. The van der Waals surface area contributed by atoms with Gasteiger partial charge in [0.25, 0.3) is 5.91 Å². The normalized spacial score (nSPS) is 31.9. The highest BCUT2D eigenvalue weighted by Crippen LogP contribution is 2.41. The Kier molecular flexibility index (Phi) is 12.9. The van der Waals surface area contributed by atoms with Crippen molar-refractivity contribution in [2.75, 3.05) is 45.3 Å². The molecule has 6 bridgehead atoms. The van der Waals surface area contributed by atoms with Crippen molar-refractivity contribution < 1.29 is 49.0 Å². The van der Waals surface area contributed by atoms with Crippen molar-refractivity contribution in [2.45, 2.75) is 66.0 Å². The van der Waals surface area contributed by atoms with Gasteiger partial charge in [-0.3, -0.25) is 19.0 Å². The standard InChI is InChI=1S/C46H55N5O10/c1-24-9-8-10-25(2)46(57)49-40-41-39(48-35-21-30(13-15-51(35)41)22-47-50-16-19-59-20-17-50)37-32-23-60-18-14-34(58-7)36(26(3)31(32)11-12-33(53)38(37)44(40)56)45(61-29(6)52)28(5)43(55)27(4)42(24)54/h8-10,13-15,18,21-22,24,26-28,31,34,36,42-43,45,53-56H,16-17,19-20,23H2,1-7H3,(H,49,57)/b9-8+,18-14+,25-10-,47-22+/t24-,26?,27+,28+,31?,34-,36-,42-,43+,45-/m0/s1. The molecule has 1 aliphatic carbocycles. The predicted molar refractivity (Wildman–Crippen MR) is 229 cm³/mol. The van der Waals surface area contributed by atoms with Gasteiger partial charge in [-0.1, -0.05) is 51.8 Å². The number of carbonyl (C=O) groups excluding carboxylic acids is 2. The molecule has 324 valence electrons. The van der Waals surface area contributed by atoms with Crippen LogP contribution >= 0.6 is 0 Å². The molecule has 5 N–H and O–H groups in total. The maximum Gasteiger partial charge on any atom is 0.302 e. The minimum Gasteiger partial charge on any atom is -0.505 e. The third-order valence-corrected chi connectivity index (χ3v) is 12.6. The molecular weight excluding hydrogens is 783 g/mol. The molecule has 0 spiro atoms. The number of fused-ring (bicyclic) bond motifs is 6. The highest BCUT2D eigenvalue weighted by molar-refractivity contribution is 6.10. The number of rotatable bonds is 4. The summed E-state index contributed by atoms with van der Waals surface area (Å²) in [5.74, 6) is 0.349. The zero-order valence-electron chi connectivity index (χ0n) is 35.5. The Balaban J connectivity index is 1.55. The van der Waals surface area contributed by atoms with Gasteiger partial charge in [-0.25, -0.2) is 4.98 Å². The van der Waals surface area contributed by atoms with Gasteiger partial charge in [0.05, 0.1) is 62.3 Å². The number of pyridine rings is 1. The van der Waals surface area contributed by atoms with E-state index in [1.54, 1.807) is 61.9 Å². The number of aliphatic hydroxyl groups excluding tert-OH is 3. The number of esters is 1. The van der Waals surface area contributed by atoms with E-state index < -0.39 is 83.3 Å². The fourth-order valence-corrected chi connectivity index (χ4v) is 9.07. The average molecular weight is 838 g/mol. The highest BCUT2D eigenvalue weighted by atomic mass is 16.5. The first-order valence-corrected chi connectivity index (χ1v) is 20.7. The van der Waals surface area contributed by atoms with Crippen LogP contribution in [0.1, 0.15) is 47.1 Å². The third-order valence-electron chi connectivity index (χ3n) is 12.6. The molecule has 2 aromatic heterocycles. The van der Waals surface area contributed by atoms with Crippen LogP contribution in [-0.4, -0.2) is 117 Å². The lowest BCUT2D eigenvalue weighted by molar-refractivity contribution is -0.165. The van der Waals surface area contributed by atoms with E-state index in [2.05, 4.69) is 22.3 Å². The van der Waals surface area contributed by atoms with Crippen LogP contribution in [0.4, 0.5) is 5.69 Å². The van der Waals surface area contributed by atoms with Crippen LogP contribution in [0.25, 0.3) is 28.0 Å². The molecule has 2 unspecified atom stereocenters. The zero-order valence-corrected chi connectivity index (χ0v) is 35.5. The Labute approximate surface area is 354 Å². The fraction of sp³-hybridized carbons (Fsp3) is 0.478. The lowest BCUT2D eigenvalue weighted by atomic mass is 9.69. The molecule has 1 saturated heterocycles. The number of nitrogens with zero attached hydrogens (tertiary/aromatic N) is 4. The minimum absolute atomic E-state index is 0.00381. The van der Waals surface area contributed by atoms with Gasteiger partial charge in [-0.2, -0.15) is 5.10 Å². The van der Waals surface area contributed by atoms with E-state index >= 15 is 0 Å². The Bertz CT molecular complexity index is 2510. The molecule has 3 aliphatic heterocycles. The molecule has 10 atom stereocenters. The molecule has 0 radical (unpaired) electrons. The van der Waals surface area contributed by atoms with E-state index in [-0.39, 0.29) is 23.1 Å². The Hall–Kier alpha value is -5.66. The molecule has 0 saturated carbocycles. The van der Waals surface area contributed by atoms with Crippen molar-refractivity contribution in [3.05, 3.63) is 70.5 Å². The van der Waals surface area contributed by atoms with Gasteiger partial charge >= 0.3 is 5.97 Å². The predicted octanol–water partition coefficient (Wildman–Crippen LogP) is 3.14. The molecule has 15 heteroatoms. The van der Waals surface area contributed by atoms with E-state index in [1.165, 1.54) is 20.3 Å². The summed E-state index contributed by atoms with van der Waals surface area (Å²) < 4.78 is 25.6. The largest absolute Gasteiger partial charge is 0.505 e. The number of aromatic hydroxyl groups is 1. The molecule has 1 amide bonds. The first-order valence-electron chi connectivity index (χ1n) is 20.7. The number of nitrogens with one attached hydrogen (secondary N) is 1. The van der Waals surface area contributed by atoms with Crippen LogP contribution in [0.5, 0.6) is 5.75 Å². The quantitative estimate of drug-likeness (QED) is 0.112. The summed E-state index contributed by atoms with van der Waals surface area (Å²) >= 11 is 0. The van der Waals surface area contributed by atoms with E-state index in [0.29, 0.717) is 53.8 Å². The second-order valence-corrected chi connectivity index (χ2v) is 16.5. The Morgan fingerprint density at radius 3 is 2.54 bits per heavy atom. The average Bonchev–Trinajstić information content (AvgIpc) is 3.58. The molecule has 3 aromatic rings. The van der Waals surface area contributed by atoms with Gasteiger partial charge in [-0.15, -0.1) is 0 Å². The molecule has 1 fully saturated rings. The number of phenolic OH excluding ortho intramolecular Hbond substituents is 1. The van der Waals surface area contributed by atoms with Crippen LogP contribution in [0.15, 0.2) is 59.6 Å². The number of allylic oxidation sites excluding steroid dienone is 2. The number of ether oxygens (including phenoxy) is 4. The first kappa shape index (κ1) is 43.4. The van der Waals surface area contributed by atoms with E-state index in [9.17, 15) is 30.0 Å². The minimum atomic E-state index is -1.15. The van der Waals surface area contributed by atoms with Gasteiger partial charge in [0.15, 0.2) is 11.5 Å². The second kappa shape index (κ2) is 18.1. The van der Waals surface area contributed by atoms with Gasteiger partial charge in [0.1, 0.15) is 35.1 Å². The number of hydrogen-bond acceptors (Lipinski definition) is 13. The number of morpholine rings is 1. The molecule has 61 heavy (non-hydrogen) atoms. The summed E-state index contributed by atoms with van der Waals surface area (Å²) in [5, 5.41) is 57.5. The smallest absolute Gasteiger partial charge is 0.302 e. The molecule has 4 aliphatic rings. The Morgan fingerprint density at radius 2 is 1.82 bits per heavy atom. The number of phenols is 1. The van der Waals surface area contributed by atoms with Crippen molar-refractivity contribution >= 4 is 51.8 Å². The fourth-order valence-electron chi connectivity index (χ4n) is 9.07. The van der Waals surface area contributed by atoms with E-state index in [0.717, 1.165) is 5.56 Å². The summed E-state index contributed by atoms with van der Waals surface area (Å²) in [4.78, 5) is 32.1. The summed E-state index contributed by atoms with van der Waals surface area (Å²) in [7, 11) is 1.53. The van der Waals surface area contributed by atoms with Crippen LogP contribution in [0, 0.1) is 47.3 Å². The SMILES string of the molecule is CO[C@H]1/C=C/OCC2=c3c4c(O)c(c5c3nc3cc(/C=N/N6CCOCC6)ccn35)NC(=O)/C(C)=C\C=C\[C@H](C)[C@H](O)[C@@H](C)[C@@H](O)[C@@H](C)[C@H](OC(C)=O)[C@H]1C(C)C2C#CC=4O. The van der Waals surface area contributed by atoms with Gasteiger partial charge in [-0.05, 0) is 48.1 Å². The number of benzene rings is 1. The lowest BCUT2D eigenvalue weighted by Crippen LogP contribution is -2.50.